The molecule has 1 aromatic rings. The number of Topliss-reactive ketones (excluding diaryl/α,β-unsaturated/α-hetero) is 1. The molecule has 0 radical (unpaired) electrons. The standard InChI is InChI=1S/C15H20O/c1-2-3-5-10-13-14(11-15(13)16)12-8-6-4-7-9-12/h4,6-9,13-14H,2-3,5,10-11H2,1H3/t13-,14+/m1/s1. The Morgan fingerprint density at radius 3 is 2.56 bits per heavy atom. The van der Waals surface area contributed by atoms with Crippen molar-refractivity contribution in [1.29, 1.82) is 0 Å². The molecule has 0 unspecified atom stereocenters. The smallest absolute Gasteiger partial charge is 0.137 e. The van der Waals surface area contributed by atoms with Crippen molar-refractivity contribution >= 4 is 5.78 Å². The van der Waals surface area contributed by atoms with Gasteiger partial charge in [0.05, 0.1) is 0 Å². The fourth-order valence-corrected chi connectivity index (χ4v) is 2.60. The molecule has 86 valence electrons. The number of unbranched alkanes of at least 4 members (excludes halogenated alkanes) is 2. The molecule has 0 spiro atoms. The quantitative estimate of drug-likeness (QED) is 0.681. The monoisotopic (exact) mass is 216 g/mol. The lowest BCUT2D eigenvalue weighted by atomic mass is 9.67. The van der Waals surface area contributed by atoms with E-state index in [1.807, 2.05) is 6.07 Å². The molecule has 1 aromatic carbocycles. The second-order valence-corrected chi connectivity index (χ2v) is 4.79. The minimum atomic E-state index is 0.314. The largest absolute Gasteiger partial charge is 0.299 e. The van der Waals surface area contributed by atoms with Gasteiger partial charge in [-0.2, -0.15) is 0 Å². The zero-order valence-corrected chi connectivity index (χ0v) is 9.99. The Hall–Kier alpha value is -1.11. The summed E-state index contributed by atoms with van der Waals surface area (Å²) in [7, 11) is 0. The average Bonchev–Trinajstić information content (AvgIpc) is 2.32. The van der Waals surface area contributed by atoms with Gasteiger partial charge in [-0.1, -0.05) is 56.5 Å². The van der Waals surface area contributed by atoms with Crippen LogP contribution in [0.2, 0.25) is 0 Å². The Kier molecular flexibility index (Phi) is 3.76. The van der Waals surface area contributed by atoms with Crippen LogP contribution in [-0.2, 0) is 4.79 Å². The molecule has 0 heterocycles. The Balaban J connectivity index is 1.94. The topological polar surface area (TPSA) is 17.1 Å². The molecule has 0 N–H and O–H groups in total. The molecular formula is C15H20O. The van der Waals surface area contributed by atoms with Crippen molar-refractivity contribution in [3.63, 3.8) is 0 Å². The van der Waals surface area contributed by atoms with E-state index in [1.54, 1.807) is 0 Å². The summed E-state index contributed by atoms with van der Waals surface area (Å²) in [6.45, 7) is 2.21. The normalized spacial score (nSPS) is 24.2. The molecule has 1 heteroatoms. The molecule has 2 atom stereocenters. The zero-order chi connectivity index (χ0) is 11.4. The number of carbonyl (C=O) groups excluding carboxylic acids is 1. The van der Waals surface area contributed by atoms with Gasteiger partial charge >= 0.3 is 0 Å². The molecule has 0 aromatic heterocycles. The highest BCUT2D eigenvalue weighted by Gasteiger charge is 2.39. The summed E-state index contributed by atoms with van der Waals surface area (Å²) in [5.74, 6) is 1.30. The van der Waals surface area contributed by atoms with E-state index in [1.165, 1.54) is 24.8 Å². The van der Waals surface area contributed by atoms with Crippen LogP contribution in [0.4, 0.5) is 0 Å². The van der Waals surface area contributed by atoms with Gasteiger partial charge in [-0.15, -0.1) is 0 Å². The number of hydrogen-bond acceptors (Lipinski definition) is 1. The maximum atomic E-state index is 11.6. The van der Waals surface area contributed by atoms with Gasteiger partial charge in [-0.25, -0.2) is 0 Å². The van der Waals surface area contributed by atoms with Crippen LogP contribution >= 0.6 is 0 Å². The third kappa shape index (κ3) is 2.34. The minimum Gasteiger partial charge on any atom is -0.299 e. The van der Waals surface area contributed by atoms with E-state index in [-0.39, 0.29) is 0 Å². The van der Waals surface area contributed by atoms with Gasteiger partial charge < -0.3 is 0 Å². The third-order valence-corrected chi connectivity index (χ3v) is 3.67. The van der Waals surface area contributed by atoms with Crippen molar-refractivity contribution in [3.8, 4) is 0 Å². The molecular weight excluding hydrogens is 196 g/mol. The summed E-state index contributed by atoms with van der Waals surface area (Å²) in [6, 6.07) is 10.5. The molecule has 0 bridgehead atoms. The van der Waals surface area contributed by atoms with E-state index in [2.05, 4.69) is 31.2 Å². The lowest BCUT2D eigenvalue weighted by molar-refractivity contribution is -0.131. The van der Waals surface area contributed by atoms with Crippen molar-refractivity contribution in [2.24, 2.45) is 5.92 Å². The molecule has 0 aliphatic heterocycles. The molecule has 1 fully saturated rings. The van der Waals surface area contributed by atoms with Gasteiger partial charge in [0.1, 0.15) is 5.78 Å². The number of ketones is 1. The average molecular weight is 216 g/mol. The van der Waals surface area contributed by atoms with Crippen LogP contribution in [0.5, 0.6) is 0 Å². The van der Waals surface area contributed by atoms with Crippen LogP contribution in [0.15, 0.2) is 30.3 Å². The Bertz CT molecular complexity index is 342. The molecule has 16 heavy (non-hydrogen) atoms. The van der Waals surface area contributed by atoms with Crippen molar-refractivity contribution in [3.05, 3.63) is 35.9 Å². The van der Waals surface area contributed by atoms with Gasteiger partial charge in [0.2, 0.25) is 0 Å². The second kappa shape index (κ2) is 5.29. The molecule has 1 aliphatic rings. The first-order valence-electron chi connectivity index (χ1n) is 6.40. The predicted octanol–water partition coefficient (Wildman–Crippen LogP) is 3.94. The number of benzene rings is 1. The lowest BCUT2D eigenvalue weighted by Gasteiger charge is -2.35. The van der Waals surface area contributed by atoms with Gasteiger partial charge in [0.25, 0.3) is 0 Å². The lowest BCUT2D eigenvalue weighted by Crippen LogP contribution is -2.35. The summed E-state index contributed by atoms with van der Waals surface area (Å²) in [5.41, 5.74) is 1.35. The first-order valence-corrected chi connectivity index (χ1v) is 6.40. The van der Waals surface area contributed by atoms with E-state index in [0.29, 0.717) is 17.6 Å². The number of hydrogen-bond donors (Lipinski definition) is 0. The predicted molar refractivity (Wildman–Crippen MR) is 66.4 cm³/mol. The van der Waals surface area contributed by atoms with E-state index in [4.69, 9.17) is 0 Å². The van der Waals surface area contributed by atoms with Gasteiger partial charge in [0, 0.05) is 18.3 Å². The van der Waals surface area contributed by atoms with E-state index in [0.717, 1.165) is 12.8 Å². The highest BCUT2D eigenvalue weighted by atomic mass is 16.1. The molecule has 1 nitrogen and oxygen atoms in total. The van der Waals surface area contributed by atoms with E-state index >= 15 is 0 Å². The summed E-state index contributed by atoms with van der Waals surface area (Å²) < 4.78 is 0. The number of rotatable bonds is 5. The fraction of sp³-hybridized carbons (Fsp3) is 0.533. The van der Waals surface area contributed by atoms with Crippen LogP contribution in [0.3, 0.4) is 0 Å². The summed E-state index contributed by atoms with van der Waals surface area (Å²) >= 11 is 0. The van der Waals surface area contributed by atoms with Gasteiger partial charge in [-0.3, -0.25) is 4.79 Å². The SMILES string of the molecule is CCCCC[C@H]1C(=O)C[C@H]1c1ccccc1. The summed E-state index contributed by atoms with van der Waals surface area (Å²) in [6.07, 6.45) is 5.55. The molecule has 1 saturated carbocycles. The maximum absolute atomic E-state index is 11.6. The highest BCUT2D eigenvalue weighted by molar-refractivity contribution is 5.89. The summed E-state index contributed by atoms with van der Waals surface area (Å²) in [4.78, 5) is 11.6. The molecule has 1 aliphatic carbocycles. The van der Waals surface area contributed by atoms with Crippen molar-refractivity contribution in [1.82, 2.24) is 0 Å². The van der Waals surface area contributed by atoms with Gasteiger partial charge in [-0.05, 0) is 12.0 Å². The van der Waals surface area contributed by atoms with Crippen molar-refractivity contribution < 1.29 is 4.79 Å². The van der Waals surface area contributed by atoms with Crippen LogP contribution in [-0.4, -0.2) is 5.78 Å². The minimum absolute atomic E-state index is 0.314. The van der Waals surface area contributed by atoms with Crippen LogP contribution < -0.4 is 0 Å². The first kappa shape index (κ1) is 11.4. The maximum Gasteiger partial charge on any atom is 0.137 e. The van der Waals surface area contributed by atoms with E-state index < -0.39 is 0 Å². The van der Waals surface area contributed by atoms with Crippen LogP contribution in [0.1, 0.15) is 50.5 Å². The fourth-order valence-electron chi connectivity index (χ4n) is 2.60. The van der Waals surface area contributed by atoms with Gasteiger partial charge in [0.15, 0.2) is 0 Å². The van der Waals surface area contributed by atoms with Crippen molar-refractivity contribution in [2.75, 3.05) is 0 Å². The Labute approximate surface area is 97.9 Å². The summed E-state index contributed by atoms with van der Waals surface area (Å²) in [5, 5.41) is 0. The molecule has 2 rings (SSSR count). The first-order chi connectivity index (χ1) is 7.83. The third-order valence-electron chi connectivity index (χ3n) is 3.67. The highest BCUT2D eigenvalue weighted by Crippen LogP contribution is 2.42. The number of carbonyl (C=O) groups is 1. The van der Waals surface area contributed by atoms with Crippen molar-refractivity contribution in [2.45, 2.75) is 44.9 Å². The van der Waals surface area contributed by atoms with E-state index in [9.17, 15) is 4.79 Å². The molecule has 0 saturated heterocycles. The Morgan fingerprint density at radius 2 is 1.94 bits per heavy atom. The zero-order valence-electron chi connectivity index (χ0n) is 9.99. The van der Waals surface area contributed by atoms with Crippen LogP contribution in [0.25, 0.3) is 0 Å². The van der Waals surface area contributed by atoms with Crippen LogP contribution in [0, 0.1) is 5.92 Å². The Morgan fingerprint density at radius 1 is 1.19 bits per heavy atom. The second-order valence-electron chi connectivity index (χ2n) is 4.79. The molecule has 0 amide bonds.